The van der Waals surface area contributed by atoms with E-state index < -0.39 is 102 Å². The number of methoxy groups -OCH3 is 5. The summed E-state index contributed by atoms with van der Waals surface area (Å²) in [6, 6.07) is 30.4. The second-order valence-corrected chi connectivity index (χ2v) is 45.0. The van der Waals surface area contributed by atoms with Crippen molar-refractivity contribution in [2.24, 2.45) is 54.1 Å². The first kappa shape index (κ1) is 148. The average molecular weight is 2090 g/mol. The van der Waals surface area contributed by atoms with Crippen molar-refractivity contribution < 1.29 is 162 Å². The van der Waals surface area contributed by atoms with Crippen molar-refractivity contribution in [3.05, 3.63) is 177 Å². The Kier molecular flexibility index (Phi) is 71.6. The van der Waals surface area contributed by atoms with Gasteiger partial charge in [0.2, 0.25) is 0 Å². The lowest BCUT2D eigenvalue weighted by Crippen LogP contribution is -2.27. The van der Waals surface area contributed by atoms with E-state index in [2.05, 4.69) is 0 Å². The van der Waals surface area contributed by atoms with Crippen LogP contribution in [0.2, 0.25) is 0 Å². The molecule has 0 saturated carbocycles. The number of benzene rings is 5. The fourth-order valence-electron chi connectivity index (χ4n) is 10.7. The van der Waals surface area contributed by atoms with E-state index >= 15 is 0 Å². The molecule has 0 saturated heterocycles. The van der Waals surface area contributed by atoms with Gasteiger partial charge in [0, 0.05) is 103 Å². The van der Waals surface area contributed by atoms with Gasteiger partial charge in [-0.3, -0.25) is 9.13 Å². The highest BCUT2D eigenvalue weighted by Gasteiger charge is 2.33. The van der Waals surface area contributed by atoms with Gasteiger partial charge in [-0.2, -0.15) is 0 Å². The number of hydrogen-bond donors (Lipinski definition) is 3. The maximum Gasteiger partial charge on any atom is 0.338 e. The summed E-state index contributed by atoms with van der Waals surface area (Å²) in [5.41, 5.74) is -0.590. The fourth-order valence-corrected chi connectivity index (χ4v) is 12.9. The van der Waals surface area contributed by atoms with Gasteiger partial charge in [-0.05, 0) is 135 Å². The van der Waals surface area contributed by atoms with E-state index in [1.165, 1.54) is 110 Å². The normalized spacial score (nSPS) is 12.2. The average Bonchev–Trinajstić information content (AvgIpc) is 0.860. The third kappa shape index (κ3) is 62.7. The van der Waals surface area contributed by atoms with Crippen molar-refractivity contribution in [2.45, 2.75) is 204 Å². The standard InChI is InChI=1S/2C22H35O8P.C20H30O6.C19H28O6.C18H26O6.7CH4/c2*1-8-29-31(7,25)30-16-22(4,5)15-28-20(24)18-11-9-17(10-12-18)19(23)27-14-21(2,3)13-26-6;1-19(2,11-23-5)13-25-17(21)15-7-9-16(10-8-15)18(22)26-14-20(3,4)12-24-6;1-18(2,10-20)12-24-16(21)14-6-8-15(9-7-14)17(22)25-13-19(3,4)11-23-5;1-17(2,9-19)11-23-15(21)13-5-7-14(8-6-13)16(22)24-12-18(3,4)10-20;;;;;;;/h2*9-12H,8,13-16H2,1-7H3;7-10H,11-14H2,1-6H3;6-9,20H,10-13H2,1-5H3;5-8,19-20H,9-12H2,1-4H3;7*1H4. The summed E-state index contributed by atoms with van der Waals surface area (Å²) in [4.78, 5) is 121. The molecule has 828 valence electrons. The van der Waals surface area contributed by atoms with E-state index in [0.29, 0.717) is 88.7 Å². The van der Waals surface area contributed by atoms with Gasteiger partial charge in [0.05, 0.1) is 201 Å². The molecule has 34 nitrogen and oxygen atoms in total. The molecule has 5 aromatic rings. The molecule has 0 spiro atoms. The van der Waals surface area contributed by atoms with Crippen LogP contribution in [0.15, 0.2) is 121 Å². The molecular formula is C108H182O34P2. The van der Waals surface area contributed by atoms with Crippen LogP contribution in [0.4, 0.5) is 0 Å². The smallest absolute Gasteiger partial charge is 0.338 e. The molecule has 0 fully saturated rings. The number of hydrogen-bond acceptors (Lipinski definition) is 34. The Balaban J connectivity index is -0.000000323. The molecule has 3 N–H and O–H groups in total. The Bertz CT molecular complexity index is 4370. The minimum Gasteiger partial charge on any atom is -0.461 e. The molecule has 5 aromatic carbocycles. The Labute approximate surface area is 861 Å². The number of esters is 10. The molecule has 0 bridgehead atoms. The third-order valence-corrected chi connectivity index (χ3v) is 21.4. The summed E-state index contributed by atoms with van der Waals surface area (Å²) < 4.78 is 123. The Morgan fingerprint density at radius 1 is 0.201 bits per heavy atom. The minimum absolute atomic E-state index is 0. The van der Waals surface area contributed by atoms with E-state index in [1.807, 2.05) is 96.9 Å². The highest BCUT2D eigenvalue weighted by atomic mass is 31.2. The van der Waals surface area contributed by atoms with Gasteiger partial charge < -0.3 is 104 Å². The van der Waals surface area contributed by atoms with Crippen LogP contribution < -0.4 is 0 Å². The topological polar surface area (TPSA) is 441 Å². The number of carbonyl (C=O) groups is 10. The summed E-state index contributed by atoms with van der Waals surface area (Å²) in [7, 11) is 1.77. The van der Waals surface area contributed by atoms with Gasteiger partial charge in [0.15, 0.2) is 0 Å². The Morgan fingerprint density at radius 3 is 0.403 bits per heavy atom. The second-order valence-electron chi connectivity index (χ2n) is 40.9. The fraction of sp³-hybridized carbons (Fsp3) is 0.630. The van der Waals surface area contributed by atoms with Crippen molar-refractivity contribution >= 4 is 74.9 Å². The van der Waals surface area contributed by atoms with Crippen molar-refractivity contribution in [1.29, 1.82) is 0 Å². The first-order valence-electron chi connectivity index (χ1n) is 44.6. The maximum absolute atomic E-state index is 12.3. The number of rotatable bonds is 53. The van der Waals surface area contributed by atoms with Gasteiger partial charge in [-0.1, -0.05) is 190 Å². The van der Waals surface area contributed by atoms with Crippen LogP contribution in [0.25, 0.3) is 0 Å². The lowest BCUT2D eigenvalue weighted by atomic mass is 9.96. The monoisotopic (exact) mass is 2090 g/mol. The number of aliphatic hydroxyl groups is 3. The summed E-state index contributed by atoms with van der Waals surface area (Å²) in [5, 5.41) is 27.5. The van der Waals surface area contributed by atoms with Gasteiger partial charge in [0.1, 0.15) is 0 Å². The Hall–Kier alpha value is -9.22. The molecule has 5 rings (SSSR count). The van der Waals surface area contributed by atoms with E-state index in [1.54, 1.807) is 115 Å². The molecule has 0 aliphatic heterocycles. The highest BCUT2D eigenvalue weighted by Crippen LogP contribution is 2.46. The van der Waals surface area contributed by atoms with Crippen LogP contribution in [-0.2, 0) is 98.3 Å². The molecule has 0 radical (unpaired) electrons. The summed E-state index contributed by atoms with van der Waals surface area (Å²) in [5.74, 6) is -4.85. The zero-order valence-electron chi connectivity index (χ0n) is 86.0. The van der Waals surface area contributed by atoms with Crippen LogP contribution in [0, 0.1) is 54.1 Å². The van der Waals surface area contributed by atoms with Gasteiger partial charge in [-0.15, -0.1) is 0 Å². The molecule has 0 amide bonds. The van der Waals surface area contributed by atoms with Gasteiger partial charge in [0.25, 0.3) is 0 Å². The van der Waals surface area contributed by atoms with Crippen LogP contribution in [0.5, 0.6) is 0 Å². The van der Waals surface area contributed by atoms with Gasteiger partial charge >= 0.3 is 74.9 Å². The van der Waals surface area contributed by atoms with E-state index in [-0.39, 0.29) is 191 Å². The predicted molar refractivity (Wildman–Crippen MR) is 563 cm³/mol. The SMILES string of the molecule is C.C.C.C.C.C.C.CC(C)(CO)COC(=O)c1ccc(C(=O)OCC(C)(C)CO)cc1.CCOP(C)(=O)OCC(C)(C)COC(=O)c1ccc(C(=O)OCC(C)(C)COC)cc1.CCOP(C)(=O)OCC(C)(C)COC(=O)c1ccc(C(=O)OCC(C)(C)COC)cc1.COCC(C)(C)COC(=O)c1ccc(C(=O)OCC(C)(C)CO)cc1.COCC(C)(C)COC(=O)c1ccc(C(=O)OCC(C)(C)COC)cc1. The predicted octanol–water partition coefficient (Wildman–Crippen LogP) is 21.7. The molecule has 0 aliphatic rings. The summed E-state index contributed by atoms with van der Waals surface area (Å²) in [6.07, 6.45) is 0. The molecule has 0 aromatic heterocycles. The van der Waals surface area contributed by atoms with E-state index in [9.17, 15) is 57.1 Å². The highest BCUT2D eigenvalue weighted by molar-refractivity contribution is 7.53. The molecule has 36 heteroatoms. The van der Waals surface area contributed by atoms with Crippen LogP contribution in [0.3, 0.4) is 0 Å². The lowest BCUT2D eigenvalue weighted by Gasteiger charge is -2.25. The van der Waals surface area contributed by atoms with Crippen molar-refractivity contribution in [3.8, 4) is 0 Å². The van der Waals surface area contributed by atoms with Gasteiger partial charge in [-0.25, -0.2) is 47.9 Å². The molecule has 2 unspecified atom stereocenters. The quantitative estimate of drug-likeness (QED) is 0.0185. The second kappa shape index (κ2) is 69.8. The maximum atomic E-state index is 12.3. The molecule has 0 heterocycles. The molecular weight excluding hydrogens is 1900 g/mol. The van der Waals surface area contributed by atoms with Crippen molar-refractivity contribution in [1.82, 2.24) is 0 Å². The van der Waals surface area contributed by atoms with Crippen molar-refractivity contribution in [3.63, 3.8) is 0 Å². The molecule has 2 atom stereocenters. The zero-order valence-corrected chi connectivity index (χ0v) is 87.8. The summed E-state index contributed by atoms with van der Waals surface area (Å²) >= 11 is 0. The molecule has 144 heavy (non-hydrogen) atoms. The minimum atomic E-state index is -3.12. The number of carbonyl (C=O) groups excluding carboxylic acids is 10. The number of aliphatic hydroxyl groups excluding tert-OH is 3. The van der Waals surface area contributed by atoms with Crippen LogP contribution >= 0.6 is 15.2 Å². The van der Waals surface area contributed by atoms with Crippen molar-refractivity contribution in [2.75, 3.05) is 194 Å². The number of ether oxygens (including phenoxy) is 15. The lowest BCUT2D eigenvalue weighted by molar-refractivity contribution is 0.0127. The van der Waals surface area contributed by atoms with Crippen LogP contribution in [-0.4, -0.2) is 269 Å². The molecule has 0 aliphatic carbocycles. The third-order valence-electron chi connectivity index (χ3n) is 18.8. The zero-order chi connectivity index (χ0) is 105. The summed E-state index contributed by atoms with van der Waals surface area (Å²) in [6.45, 7) is 48.3. The van der Waals surface area contributed by atoms with E-state index in [0.717, 1.165) is 0 Å². The van der Waals surface area contributed by atoms with Crippen LogP contribution in [0.1, 0.15) is 308 Å². The Morgan fingerprint density at radius 2 is 0.306 bits per heavy atom. The first-order valence-corrected chi connectivity index (χ1v) is 48.6. The largest absolute Gasteiger partial charge is 0.461 e. The first-order chi connectivity index (χ1) is 63.4. The van der Waals surface area contributed by atoms with E-state index in [4.69, 9.17) is 104 Å².